The van der Waals surface area contributed by atoms with Crippen LogP contribution < -0.4 is 5.56 Å². The topological polar surface area (TPSA) is 93.3 Å². The lowest BCUT2D eigenvalue weighted by Crippen LogP contribution is -2.48. The first-order valence-electron chi connectivity index (χ1n) is 13.0. The number of nitro groups is 1. The van der Waals surface area contributed by atoms with E-state index in [2.05, 4.69) is 34.4 Å². The molecule has 0 unspecified atom stereocenters. The summed E-state index contributed by atoms with van der Waals surface area (Å²) in [4.78, 5) is 28.6. The Morgan fingerprint density at radius 1 is 0.972 bits per heavy atom. The predicted octanol–water partition coefficient (Wildman–Crippen LogP) is 6.22. The zero-order chi connectivity index (χ0) is 25.2. The molecule has 4 bridgehead atoms. The molecule has 0 aliphatic heterocycles. The monoisotopic (exact) mass is 484 g/mol. The second-order valence-corrected chi connectivity index (χ2v) is 11.4. The Kier molecular flexibility index (Phi) is 5.28. The zero-order valence-electron chi connectivity index (χ0n) is 21.1. The molecular weight excluding hydrogens is 452 g/mol. The third-order valence-electron chi connectivity index (χ3n) is 9.15. The summed E-state index contributed by atoms with van der Waals surface area (Å²) >= 11 is 0. The van der Waals surface area contributed by atoms with Crippen molar-refractivity contribution in [3.05, 3.63) is 84.8 Å². The summed E-state index contributed by atoms with van der Waals surface area (Å²) < 4.78 is 1.58. The Labute approximate surface area is 210 Å². The van der Waals surface area contributed by atoms with Gasteiger partial charge in [0.1, 0.15) is 0 Å². The molecule has 0 atom stereocenters. The molecule has 0 spiro atoms. The van der Waals surface area contributed by atoms with Crippen molar-refractivity contribution in [3.63, 3.8) is 0 Å². The summed E-state index contributed by atoms with van der Waals surface area (Å²) in [5, 5.41) is 14.4. The van der Waals surface area contributed by atoms with Crippen molar-refractivity contribution in [3.8, 4) is 5.69 Å². The number of H-pyrrole nitrogens is 1. The molecule has 7 nitrogen and oxygen atoms in total. The van der Waals surface area contributed by atoms with Crippen molar-refractivity contribution >= 4 is 17.6 Å². The fourth-order valence-corrected chi connectivity index (χ4v) is 7.59. The molecule has 1 aromatic heterocycles. The lowest BCUT2D eigenvalue weighted by Gasteiger charge is -2.57. The van der Waals surface area contributed by atoms with Gasteiger partial charge in [-0.1, -0.05) is 12.1 Å². The predicted molar refractivity (Wildman–Crippen MR) is 141 cm³/mol. The molecule has 4 aliphatic rings. The van der Waals surface area contributed by atoms with E-state index in [9.17, 15) is 14.9 Å². The van der Waals surface area contributed by atoms with Crippen LogP contribution in [0, 0.1) is 48.6 Å². The highest BCUT2D eigenvalue weighted by Gasteiger charge is 2.51. The fourth-order valence-electron chi connectivity index (χ4n) is 7.59. The maximum atomic E-state index is 13.3. The van der Waals surface area contributed by atoms with Crippen LogP contribution in [-0.2, 0) is 5.41 Å². The molecule has 4 fully saturated rings. The minimum Gasteiger partial charge on any atom is -0.295 e. The summed E-state index contributed by atoms with van der Waals surface area (Å²) in [6, 6.07) is 11.7. The number of benzene rings is 2. The van der Waals surface area contributed by atoms with Gasteiger partial charge in [-0.3, -0.25) is 25.0 Å². The number of aliphatic imine (C=N–C) groups is 1. The Morgan fingerprint density at radius 3 is 2.17 bits per heavy atom. The standard InChI is InChI=1S/C29H32N4O3/c1-17-18(2)27(33(35)36)9-8-26(17)30-16-25-19(3)31-32(28(25)34)24-6-4-23(5-7-24)29-13-20-10-21(14-29)12-22(11-20)15-29/h4-9,16,20-22,31H,10-15H2,1-3H3. The first-order valence-corrected chi connectivity index (χ1v) is 13.0. The van der Waals surface area contributed by atoms with Gasteiger partial charge in [-0.15, -0.1) is 0 Å². The van der Waals surface area contributed by atoms with Crippen molar-refractivity contribution in [2.45, 2.75) is 64.7 Å². The fraction of sp³-hybridized carbons (Fsp3) is 0.448. The van der Waals surface area contributed by atoms with Crippen LogP contribution in [0.2, 0.25) is 0 Å². The van der Waals surface area contributed by atoms with Gasteiger partial charge in [0.25, 0.3) is 11.2 Å². The Morgan fingerprint density at radius 2 is 1.58 bits per heavy atom. The van der Waals surface area contributed by atoms with Gasteiger partial charge >= 0.3 is 0 Å². The maximum Gasteiger partial charge on any atom is 0.280 e. The second kappa shape index (κ2) is 8.29. The minimum absolute atomic E-state index is 0.0728. The van der Waals surface area contributed by atoms with Crippen LogP contribution in [-0.4, -0.2) is 20.9 Å². The highest BCUT2D eigenvalue weighted by Crippen LogP contribution is 2.60. The molecule has 4 aliphatic carbocycles. The summed E-state index contributed by atoms with van der Waals surface area (Å²) in [5.74, 6) is 2.69. The van der Waals surface area contributed by atoms with E-state index in [1.807, 2.05) is 13.8 Å². The second-order valence-electron chi connectivity index (χ2n) is 11.4. The third kappa shape index (κ3) is 3.64. The quantitative estimate of drug-likeness (QED) is 0.265. The van der Waals surface area contributed by atoms with Gasteiger partial charge in [0.15, 0.2) is 0 Å². The minimum atomic E-state index is -0.390. The van der Waals surface area contributed by atoms with Gasteiger partial charge in [-0.2, -0.15) is 0 Å². The van der Waals surface area contributed by atoms with Gasteiger partial charge in [0, 0.05) is 23.5 Å². The van der Waals surface area contributed by atoms with Crippen molar-refractivity contribution in [1.29, 1.82) is 0 Å². The number of hydrogen-bond acceptors (Lipinski definition) is 4. The highest BCUT2D eigenvalue weighted by molar-refractivity contribution is 5.83. The van der Waals surface area contributed by atoms with E-state index in [1.54, 1.807) is 23.9 Å². The normalized spacial score (nSPS) is 26.7. The Bertz CT molecular complexity index is 1410. The first kappa shape index (κ1) is 23.0. The van der Waals surface area contributed by atoms with Crippen molar-refractivity contribution in [2.24, 2.45) is 22.7 Å². The average molecular weight is 485 g/mol. The molecule has 0 saturated heterocycles. The highest BCUT2D eigenvalue weighted by atomic mass is 16.6. The van der Waals surface area contributed by atoms with Crippen LogP contribution in [0.5, 0.6) is 0 Å². The molecule has 1 heterocycles. The van der Waals surface area contributed by atoms with E-state index in [1.165, 1.54) is 50.2 Å². The number of nitro benzene ring substituents is 1. The van der Waals surface area contributed by atoms with Gasteiger partial charge in [-0.25, -0.2) is 4.68 Å². The van der Waals surface area contributed by atoms with Gasteiger partial charge in [0.05, 0.1) is 21.9 Å². The zero-order valence-corrected chi connectivity index (χ0v) is 21.1. The maximum absolute atomic E-state index is 13.3. The van der Waals surface area contributed by atoms with E-state index in [0.29, 0.717) is 22.2 Å². The lowest BCUT2D eigenvalue weighted by molar-refractivity contribution is -0.385. The third-order valence-corrected chi connectivity index (χ3v) is 9.15. The summed E-state index contributed by atoms with van der Waals surface area (Å²) in [7, 11) is 0. The van der Waals surface area contributed by atoms with E-state index in [4.69, 9.17) is 0 Å². The largest absolute Gasteiger partial charge is 0.295 e. The number of hydrogen-bond donors (Lipinski definition) is 1. The number of rotatable bonds is 5. The van der Waals surface area contributed by atoms with Gasteiger partial charge < -0.3 is 0 Å². The molecule has 7 rings (SSSR count). The average Bonchev–Trinajstić information content (AvgIpc) is 3.12. The SMILES string of the molecule is Cc1[nH]n(-c2ccc(C34CC5CC(CC(C5)C3)C4)cc2)c(=O)c1C=Nc1ccc([N+](=O)[O-])c(C)c1C. The van der Waals surface area contributed by atoms with Crippen molar-refractivity contribution in [1.82, 2.24) is 9.78 Å². The number of aromatic nitrogens is 2. The van der Waals surface area contributed by atoms with Gasteiger partial charge in [-0.05, 0) is 112 Å². The molecule has 186 valence electrons. The molecule has 7 heteroatoms. The number of aryl methyl sites for hydroxylation is 1. The molecular formula is C29H32N4O3. The van der Waals surface area contributed by atoms with Crippen LogP contribution >= 0.6 is 0 Å². The lowest BCUT2D eigenvalue weighted by atomic mass is 9.48. The van der Waals surface area contributed by atoms with Gasteiger partial charge in [0.2, 0.25) is 0 Å². The molecule has 1 N–H and O–H groups in total. The molecule has 2 aromatic carbocycles. The smallest absolute Gasteiger partial charge is 0.280 e. The van der Waals surface area contributed by atoms with E-state index in [-0.39, 0.29) is 16.2 Å². The summed E-state index contributed by atoms with van der Waals surface area (Å²) in [6.45, 7) is 5.38. The van der Waals surface area contributed by atoms with Crippen molar-refractivity contribution < 1.29 is 4.92 Å². The number of nitrogens with zero attached hydrogens (tertiary/aromatic N) is 3. The van der Waals surface area contributed by atoms with Crippen LogP contribution in [0.3, 0.4) is 0 Å². The van der Waals surface area contributed by atoms with E-state index in [0.717, 1.165) is 34.7 Å². The number of nitrogens with one attached hydrogen (secondary N) is 1. The molecule has 0 amide bonds. The number of aromatic amines is 1. The van der Waals surface area contributed by atoms with Crippen LogP contribution in [0.4, 0.5) is 11.4 Å². The van der Waals surface area contributed by atoms with Crippen LogP contribution in [0.25, 0.3) is 5.69 Å². The Balaban J connectivity index is 1.27. The summed E-state index contributed by atoms with van der Waals surface area (Å²) in [5.41, 5.74) is 5.64. The van der Waals surface area contributed by atoms with Crippen LogP contribution in [0.15, 0.2) is 46.2 Å². The van der Waals surface area contributed by atoms with E-state index < -0.39 is 0 Å². The molecule has 3 aromatic rings. The summed E-state index contributed by atoms with van der Waals surface area (Å²) in [6.07, 6.45) is 9.81. The van der Waals surface area contributed by atoms with E-state index >= 15 is 0 Å². The van der Waals surface area contributed by atoms with Crippen molar-refractivity contribution in [2.75, 3.05) is 0 Å². The molecule has 4 saturated carbocycles. The first-order chi connectivity index (χ1) is 17.2. The molecule has 0 radical (unpaired) electrons. The Hall–Kier alpha value is -3.48. The molecule has 36 heavy (non-hydrogen) atoms. The van der Waals surface area contributed by atoms with Crippen LogP contribution in [0.1, 0.15) is 66.5 Å².